The van der Waals surface area contributed by atoms with Gasteiger partial charge in [-0.2, -0.15) is 0 Å². The molecule has 1 aromatic heterocycles. The van der Waals surface area contributed by atoms with Gasteiger partial charge in [0, 0.05) is 24.0 Å². The van der Waals surface area contributed by atoms with E-state index in [-0.39, 0.29) is 24.0 Å². The van der Waals surface area contributed by atoms with Gasteiger partial charge in [-0.25, -0.2) is 8.42 Å². The molecule has 3 rings (SSSR count). The number of sulfone groups is 1. The largest absolute Gasteiger partial charge is 0.464 e. The van der Waals surface area contributed by atoms with Crippen LogP contribution in [-0.2, 0) is 30.6 Å². The van der Waals surface area contributed by atoms with Gasteiger partial charge in [0.25, 0.3) is 5.91 Å². The molecule has 26 heavy (non-hydrogen) atoms. The Kier molecular flexibility index (Phi) is 5.04. The van der Waals surface area contributed by atoms with Crippen molar-refractivity contribution in [3.63, 3.8) is 0 Å². The average Bonchev–Trinajstić information content (AvgIpc) is 3.14. The quantitative estimate of drug-likeness (QED) is 0.731. The second kappa shape index (κ2) is 7.11. The number of rotatable bonds is 5. The number of fused-ring (bicyclic) bond motifs is 1. The van der Waals surface area contributed by atoms with Gasteiger partial charge in [0.05, 0.1) is 24.2 Å². The maximum absolute atomic E-state index is 12.1. The van der Waals surface area contributed by atoms with E-state index in [2.05, 4.69) is 0 Å². The third kappa shape index (κ3) is 4.07. The highest BCUT2D eigenvalue weighted by atomic mass is 32.2. The molecule has 1 saturated heterocycles. The highest BCUT2D eigenvalue weighted by Gasteiger charge is 2.32. The van der Waals surface area contributed by atoms with Gasteiger partial charge in [0.15, 0.2) is 16.4 Å². The summed E-state index contributed by atoms with van der Waals surface area (Å²) in [5.41, 5.74) is 2.46. The molecule has 0 saturated carbocycles. The predicted octanol–water partition coefficient (Wildman–Crippen LogP) is 1.47. The molecule has 0 spiro atoms. The third-order valence-corrected chi connectivity index (χ3v) is 6.40. The van der Waals surface area contributed by atoms with Crippen LogP contribution in [0.5, 0.6) is 0 Å². The van der Waals surface area contributed by atoms with E-state index in [1.54, 1.807) is 0 Å². The minimum Gasteiger partial charge on any atom is -0.464 e. The van der Waals surface area contributed by atoms with Crippen LogP contribution in [0.1, 0.15) is 17.5 Å². The molecular formula is C18H21NO6S. The van der Waals surface area contributed by atoms with Gasteiger partial charge >= 0.3 is 5.97 Å². The molecule has 1 amide bonds. The highest BCUT2D eigenvalue weighted by Crippen LogP contribution is 2.23. The van der Waals surface area contributed by atoms with Gasteiger partial charge in [-0.15, -0.1) is 0 Å². The maximum Gasteiger partial charge on any atom is 0.310 e. The van der Waals surface area contributed by atoms with E-state index in [9.17, 15) is 18.0 Å². The van der Waals surface area contributed by atoms with E-state index in [0.717, 1.165) is 10.9 Å². The van der Waals surface area contributed by atoms with E-state index >= 15 is 0 Å². The van der Waals surface area contributed by atoms with E-state index in [0.29, 0.717) is 17.6 Å². The number of carbonyl (C=O) groups excluding carboxylic acids is 2. The fraction of sp³-hybridized carbons (Fsp3) is 0.444. The number of furan rings is 1. The number of esters is 1. The first-order chi connectivity index (χ1) is 12.2. The Morgan fingerprint density at radius 2 is 2.12 bits per heavy atom. The Labute approximate surface area is 151 Å². The lowest BCUT2D eigenvalue weighted by Gasteiger charge is -2.23. The summed E-state index contributed by atoms with van der Waals surface area (Å²) in [6, 6.07) is 5.35. The molecule has 1 aromatic carbocycles. The smallest absolute Gasteiger partial charge is 0.310 e. The fourth-order valence-corrected chi connectivity index (χ4v) is 4.84. The minimum absolute atomic E-state index is 0.00482. The number of carbonyl (C=O) groups is 2. The molecule has 0 bridgehead atoms. The second-order valence-corrected chi connectivity index (χ2v) is 8.89. The first kappa shape index (κ1) is 18.4. The van der Waals surface area contributed by atoms with Gasteiger partial charge in [-0.3, -0.25) is 9.59 Å². The van der Waals surface area contributed by atoms with Crippen LogP contribution in [0.2, 0.25) is 0 Å². The van der Waals surface area contributed by atoms with Crippen LogP contribution < -0.4 is 0 Å². The minimum atomic E-state index is -3.08. The number of amides is 1. The van der Waals surface area contributed by atoms with Crippen LogP contribution in [0.4, 0.5) is 0 Å². The lowest BCUT2D eigenvalue weighted by Crippen LogP contribution is -2.40. The van der Waals surface area contributed by atoms with E-state index < -0.39 is 28.3 Å². The summed E-state index contributed by atoms with van der Waals surface area (Å²) in [6.07, 6.45) is 1.94. The van der Waals surface area contributed by atoms with Crippen LogP contribution in [0, 0.1) is 6.92 Å². The molecule has 140 valence electrons. The summed E-state index contributed by atoms with van der Waals surface area (Å²) >= 11 is 0. The molecule has 0 radical (unpaired) electrons. The zero-order chi connectivity index (χ0) is 18.9. The lowest BCUT2D eigenvalue weighted by atomic mass is 10.1. The summed E-state index contributed by atoms with van der Waals surface area (Å²) in [5, 5.41) is 0.840. The maximum atomic E-state index is 12.1. The molecule has 8 heteroatoms. The normalized spacial score (nSPS) is 18.8. The molecule has 7 nitrogen and oxygen atoms in total. The van der Waals surface area contributed by atoms with E-state index in [1.165, 1.54) is 18.2 Å². The van der Waals surface area contributed by atoms with Crippen molar-refractivity contribution in [2.75, 3.05) is 25.2 Å². The number of ether oxygens (including phenoxy) is 1. The predicted molar refractivity (Wildman–Crippen MR) is 95.4 cm³/mol. The summed E-state index contributed by atoms with van der Waals surface area (Å²) in [5.74, 6) is -0.895. The number of nitrogens with zero attached hydrogens (tertiary/aromatic N) is 1. The molecule has 2 heterocycles. The Balaban J connectivity index is 1.54. The Hall–Kier alpha value is -2.35. The number of benzene rings is 1. The van der Waals surface area contributed by atoms with E-state index in [1.807, 2.05) is 25.1 Å². The summed E-state index contributed by atoms with van der Waals surface area (Å²) in [7, 11) is -1.54. The molecule has 2 aromatic rings. The van der Waals surface area contributed by atoms with Crippen molar-refractivity contribution in [2.45, 2.75) is 25.8 Å². The van der Waals surface area contributed by atoms with Crippen LogP contribution in [0.3, 0.4) is 0 Å². The Morgan fingerprint density at radius 3 is 2.81 bits per heavy atom. The van der Waals surface area contributed by atoms with Crippen molar-refractivity contribution in [1.82, 2.24) is 4.90 Å². The summed E-state index contributed by atoms with van der Waals surface area (Å²) in [6.45, 7) is 1.55. The number of hydrogen-bond donors (Lipinski definition) is 0. The zero-order valence-electron chi connectivity index (χ0n) is 14.7. The van der Waals surface area contributed by atoms with Crippen molar-refractivity contribution in [2.24, 2.45) is 0 Å². The van der Waals surface area contributed by atoms with Crippen molar-refractivity contribution < 1.29 is 27.2 Å². The van der Waals surface area contributed by atoms with Crippen LogP contribution in [0.25, 0.3) is 11.0 Å². The number of likely N-dealkylation sites (N-methyl/N-ethyl adjacent to an activating group) is 1. The standard InChI is InChI=1S/C18H21NO6S/c1-12-3-4-15-13(9-24-16(15)7-12)8-18(21)25-10-17(20)19(2)14-5-6-26(22,23)11-14/h3-4,7,9,14H,5-6,8,10-11H2,1-2H3/t14-/m1/s1. The zero-order valence-corrected chi connectivity index (χ0v) is 15.5. The van der Waals surface area contributed by atoms with Gasteiger partial charge < -0.3 is 14.1 Å². The van der Waals surface area contributed by atoms with Gasteiger partial charge in [0.1, 0.15) is 5.58 Å². The molecule has 1 fully saturated rings. The monoisotopic (exact) mass is 379 g/mol. The molecule has 1 aliphatic rings. The van der Waals surface area contributed by atoms with Crippen molar-refractivity contribution in [3.05, 3.63) is 35.6 Å². The molecule has 1 aliphatic heterocycles. The van der Waals surface area contributed by atoms with Crippen molar-refractivity contribution in [3.8, 4) is 0 Å². The molecule has 0 unspecified atom stereocenters. The van der Waals surface area contributed by atoms with E-state index in [4.69, 9.17) is 9.15 Å². The Bertz CT molecular complexity index is 946. The first-order valence-corrected chi connectivity index (χ1v) is 10.2. The van der Waals surface area contributed by atoms with Crippen molar-refractivity contribution >= 4 is 32.7 Å². The third-order valence-electron chi connectivity index (χ3n) is 4.65. The lowest BCUT2D eigenvalue weighted by molar-refractivity contribution is -0.151. The number of hydrogen-bond acceptors (Lipinski definition) is 6. The summed E-state index contributed by atoms with van der Waals surface area (Å²) in [4.78, 5) is 25.5. The fourth-order valence-electron chi connectivity index (χ4n) is 3.06. The van der Waals surface area contributed by atoms with Gasteiger partial charge in [-0.05, 0) is 25.0 Å². The van der Waals surface area contributed by atoms with Gasteiger partial charge in [-0.1, -0.05) is 12.1 Å². The summed E-state index contributed by atoms with van der Waals surface area (Å²) < 4.78 is 33.5. The van der Waals surface area contributed by atoms with Crippen LogP contribution in [-0.4, -0.2) is 56.4 Å². The van der Waals surface area contributed by atoms with Crippen molar-refractivity contribution in [1.29, 1.82) is 0 Å². The Morgan fingerprint density at radius 1 is 1.35 bits per heavy atom. The number of aryl methyl sites for hydroxylation is 1. The highest BCUT2D eigenvalue weighted by molar-refractivity contribution is 7.91. The second-order valence-electron chi connectivity index (χ2n) is 6.66. The van der Waals surface area contributed by atoms with Gasteiger partial charge in [0.2, 0.25) is 0 Å². The van der Waals surface area contributed by atoms with Crippen LogP contribution >= 0.6 is 0 Å². The molecule has 0 N–H and O–H groups in total. The molecular weight excluding hydrogens is 358 g/mol. The average molecular weight is 379 g/mol. The first-order valence-electron chi connectivity index (χ1n) is 8.33. The SMILES string of the molecule is Cc1ccc2c(CC(=O)OCC(=O)N(C)[C@@H]3CCS(=O)(=O)C3)coc2c1. The molecule has 0 aliphatic carbocycles. The van der Waals surface area contributed by atoms with Crippen LogP contribution in [0.15, 0.2) is 28.9 Å². The topological polar surface area (TPSA) is 93.9 Å². The molecule has 1 atom stereocenters.